The fourth-order valence-electron chi connectivity index (χ4n) is 2.41. The van der Waals surface area contributed by atoms with E-state index in [0.29, 0.717) is 5.69 Å². The molecule has 1 aromatic carbocycles. The van der Waals surface area contributed by atoms with E-state index in [2.05, 4.69) is 23.0 Å². The largest absolute Gasteiger partial charge is 0.496 e. The summed E-state index contributed by atoms with van der Waals surface area (Å²) in [5, 5.41) is 0. The lowest BCUT2D eigenvalue weighted by Crippen LogP contribution is -2.11. The second-order valence-corrected chi connectivity index (χ2v) is 4.99. The maximum Gasteiger partial charge on any atom is 0.251 e. The Morgan fingerprint density at radius 3 is 2.65 bits per heavy atom. The van der Waals surface area contributed by atoms with Crippen molar-refractivity contribution in [2.45, 2.75) is 33.6 Å². The Hall–Kier alpha value is -2.10. The van der Waals surface area contributed by atoms with Crippen molar-refractivity contribution in [3.63, 3.8) is 0 Å². The molecule has 0 atom stereocenters. The first-order valence-corrected chi connectivity index (χ1v) is 6.81. The number of aromatic nitrogens is 2. The van der Waals surface area contributed by atoms with Crippen LogP contribution in [0.5, 0.6) is 5.75 Å². The van der Waals surface area contributed by atoms with E-state index in [4.69, 9.17) is 4.74 Å². The van der Waals surface area contributed by atoms with Gasteiger partial charge in [-0.15, -0.1) is 0 Å². The number of hydrogen-bond acceptors (Lipinski definition) is 3. The molecule has 4 heteroatoms. The lowest BCUT2D eigenvalue weighted by atomic mass is 10.0. The van der Waals surface area contributed by atoms with Crippen molar-refractivity contribution in [3.05, 3.63) is 45.5 Å². The summed E-state index contributed by atoms with van der Waals surface area (Å²) in [7, 11) is 1.64. The summed E-state index contributed by atoms with van der Waals surface area (Å²) in [4.78, 5) is 19.1. The maximum atomic E-state index is 11.8. The van der Waals surface area contributed by atoms with Crippen LogP contribution < -0.4 is 10.3 Å². The van der Waals surface area contributed by atoms with Crippen LogP contribution in [-0.4, -0.2) is 17.1 Å². The zero-order valence-electron chi connectivity index (χ0n) is 12.4. The average molecular weight is 272 g/mol. The van der Waals surface area contributed by atoms with Gasteiger partial charge in [0, 0.05) is 18.1 Å². The molecule has 0 saturated heterocycles. The highest BCUT2D eigenvalue weighted by molar-refractivity contribution is 5.71. The third kappa shape index (κ3) is 2.90. The first-order valence-electron chi connectivity index (χ1n) is 6.81. The van der Waals surface area contributed by atoms with E-state index in [1.54, 1.807) is 7.11 Å². The first-order chi connectivity index (χ1) is 9.55. The number of aryl methyl sites for hydroxylation is 3. The van der Waals surface area contributed by atoms with Gasteiger partial charge >= 0.3 is 0 Å². The molecule has 2 aromatic rings. The maximum absolute atomic E-state index is 11.8. The highest BCUT2D eigenvalue weighted by Crippen LogP contribution is 2.32. The summed E-state index contributed by atoms with van der Waals surface area (Å²) in [6.45, 7) is 6.09. The standard InChI is InChI=1S/C16H20N2O2/c1-5-6-14-17-12(9-15(19)18-14)16-11(3)7-10(2)8-13(16)20-4/h7-9H,5-6H2,1-4H3,(H,17,18,19). The van der Waals surface area contributed by atoms with Crippen LogP contribution in [0.1, 0.15) is 30.3 Å². The minimum atomic E-state index is -0.125. The molecule has 0 amide bonds. The van der Waals surface area contributed by atoms with E-state index < -0.39 is 0 Å². The predicted octanol–water partition coefficient (Wildman–Crippen LogP) is 3.01. The average Bonchev–Trinajstić information content (AvgIpc) is 2.37. The third-order valence-electron chi connectivity index (χ3n) is 3.20. The molecule has 0 fully saturated rings. The van der Waals surface area contributed by atoms with Gasteiger partial charge in [0.1, 0.15) is 11.6 Å². The second kappa shape index (κ2) is 5.90. The van der Waals surface area contributed by atoms with Crippen LogP contribution in [0.25, 0.3) is 11.3 Å². The first kappa shape index (κ1) is 14.3. The summed E-state index contributed by atoms with van der Waals surface area (Å²) in [5.41, 5.74) is 3.62. The normalized spacial score (nSPS) is 10.6. The molecule has 1 heterocycles. The number of nitrogens with zero attached hydrogens (tertiary/aromatic N) is 1. The van der Waals surface area contributed by atoms with Gasteiger partial charge in [-0.25, -0.2) is 4.98 Å². The molecular formula is C16H20N2O2. The van der Waals surface area contributed by atoms with E-state index in [1.807, 2.05) is 19.9 Å². The lowest BCUT2D eigenvalue weighted by Gasteiger charge is -2.13. The molecule has 0 saturated carbocycles. The predicted molar refractivity (Wildman–Crippen MR) is 80.3 cm³/mol. The number of ether oxygens (including phenoxy) is 1. The fraction of sp³-hybridized carbons (Fsp3) is 0.375. The van der Waals surface area contributed by atoms with Gasteiger partial charge in [-0.1, -0.05) is 13.0 Å². The summed E-state index contributed by atoms with van der Waals surface area (Å²) in [6, 6.07) is 5.56. The Kier molecular flexibility index (Phi) is 4.23. The topological polar surface area (TPSA) is 55.0 Å². The van der Waals surface area contributed by atoms with Crippen LogP contribution in [-0.2, 0) is 6.42 Å². The summed E-state index contributed by atoms with van der Waals surface area (Å²) >= 11 is 0. The zero-order chi connectivity index (χ0) is 14.7. The molecule has 0 bridgehead atoms. The number of benzene rings is 1. The molecule has 1 aromatic heterocycles. The summed E-state index contributed by atoms with van der Waals surface area (Å²) in [6.07, 6.45) is 1.70. The molecular weight excluding hydrogens is 252 g/mol. The molecule has 0 spiro atoms. The van der Waals surface area contributed by atoms with E-state index in [9.17, 15) is 4.79 Å². The van der Waals surface area contributed by atoms with Gasteiger partial charge in [-0.3, -0.25) is 4.79 Å². The van der Waals surface area contributed by atoms with Crippen LogP contribution in [0.3, 0.4) is 0 Å². The molecule has 20 heavy (non-hydrogen) atoms. The van der Waals surface area contributed by atoms with Crippen LogP contribution in [0.15, 0.2) is 23.0 Å². The van der Waals surface area contributed by atoms with Crippen molar-refractivity contribution in [1.82, 2.24) is 9.97 Å². The van der Waals surface area contributed by atoms with Crippen molar-refractivity contribution in [2.75, 3.05) is 7.11 Å². The molecule has 0 unspecified atom stereocenters. The monoisotopic (exact) mass is 272 g/mol. The van der Waals surface area contributed by atoms with Gasteiger partial charge in [-0.05, 0) is 37.5 Å². The minimum Gasteiger partial charge on any atom is -0.496 e. The van der Waals surface area contributed by atoms with Crippen molar-refractivity contribution in [2.24, 2.45) is 0 Å². The molecule has 0 aliphatic heterocycles. The van der Waals surface area contributed by atoms with Gasteiger partial charge in [0.15, 0.2) is 0 Å². The van der Waals surface area contributed by atoms with Crippen LogP contribution in [0, 0.1) is 13.8 Å². The van der Waals surface area contributed by atoms with E-state index in [1.165, 1.54) is 6.07 Å². The minimum absolute atomic E-state index is 0.125. The number of hydrogen-bond donors (Lipinski definition) is 1. The Bertz CT molecular complexity index is 675. The highest BCUT2D eigenvalue weighted by atomic mass is 16.5. The summed E-state index contributed by atoms with van der Waals surface area (Å²) < 4.78 is 5.45. The van der Waals surface area contributed by atoms with Crippen LogP contribution >= 0.6 is 0 Å². The number of nitrogens with one attached hydrogen (secondary N) is 1. The van der Waals surface area contributed by atoms with Crippen molar-refractivity contribution >= 4 is 0 Å². The molecule has 1 N–H and O–H groups in total. The number of aromatic amines is 1. The van der Waals surface area contributed by atoms with Gasteiger partial charge < -0.3 is 9.72 Å². The summed E-state index contributed by atoms with van der Waals surface area (Å²) in [5.74, 6) is 1.47. The fourth-order valence-corrected chi connectivity index (χ4v) is 2.41. The number of rotatable bonds is 4. The molecule has 4 nitrogen and oxygen atoms in total. The smallest absolute Gasteiger partial charge is 0.251 e. The van der Waals surface area contributed by atoms with Crippen molar-refractivity contribution in [1.29, 1.82) is 0 Å². The Morgan fingerprint density at radius 2 is 2.00 bits per heavy atom. The Labute approximate surface area is 118 Å². The molecule has 0 aliphatic rings. The zero-order valence-corrected chi connectivity index (χ0v) is 12.4. The van der Waals surface area contributed by atoms with Crippen molar-refractivity contribution in [3.8, 4) is 17.0 Å². The van der Waals surface area contributed by atoms with Crippen LogP contribution in [0.4, 0.5) is 0 Å². The molecule has 0 aliphatic carbocycles. The Balaban J connectivity index is 2.64. The third-order valence-corrected chi connectivity index (χ3v) is 3.20. The van der Waals surface area contributed by atoms with Crippen molar-refractivity contribution < 1.29 is 4.74 Å². The quantitative estimate of drug-likeness (QED) is 0.930. The number of H-pyrrole nitrogens is 1. The van der Waals surface area contributed by atoms with E-state index in [0.717, 1.165) is 41.1 Å². The lowest BCUT2D eigenvalue weighted by molar-refractivity contribution is 0.415. The SMILES string of the molecule is CCCc1nc(-c2c(C)cc(C)cc2OC)cc(=O)[nH]1. The highest BCUT2D eigenvalue weighted by Gasteiger charge is 2.13. The van der Waals surface area contributed by atoms with E-state index >= 15 is 0 Å². The van der Waals surface area contributed by atoms with Gasteiger partial charge in [0.05, 0.1) is 12.8 Å². The molecule has 106 valence electrons. The second-order valence-electron chi connectivity index (χ2n) is 4.99. The van der Waals surface area contributed by atoms with Gasteiger partial charge in [-0.2, -0.15) is 0 Å². The number of methoxy groups -OCH3 is 1. The van der Waals surface area contributed by atoms with Gasteiger partial charge in [0.25, 0.3) is 5.56 Å². The van der Waals surface area contributed by atoms with Crippen LogP contribution in [0.2, 0.25) is 0 Å². The van der Waals surface area contributed by atoms with Gasteiger partial charge in [0.2, 0.25) is 0 Å². The Morgan fingerprint density at radius 1 is 1.25 bits per heavy atom. The van der Waals surface area contributed by atoms with E-state index in [-0.39, 0.29) is 5.56 Å². The molecule has 2 rings (SSSR count). The molecule has 0 radical (unpaired) electrons.